The molecule has 0 bridgehead atoms. The van der Waals surface area contributed by atoms with Crippen LogP contribution in [0.1, 0.15) is 18.4 Å². The second-order valence-corrected chi connectivity index (χ2v) is 8.31. The van der Waals surface area contributed by atoms with E-state index in [-0.39, 0.29) is 0 Å². The van der Waals surface area contributed by atoms with Gasteiger partial charge in [0, 0.05) is 30.3 Å². The Labute approximate surface area is 172 Å². The van der Waals surface area contributed by atoms with Gasteiger partial charge in [-0.05, 0) is 52.9 Å². The summed E-state index contributed by atoms with van der Waals surface area (Å²) in [6.07, 6.45) is 5.91. The number of fused-ring (bicyclic) bond motifs is 2. The number of aromatic nitrogens is 3. The van der Waals surface area contributed by atoms with Crippen LogP contribution in [0.3, 0.4) is 0 Å². The molecule has 140 valence electrons. The van der Waals surface area contributed by atoms with E-state index in [1.54, 1.807) is 6.20 Å². The molecule has 2 saturated heterocycles. The van der Waals surface area contributed by atoms with Gasteiger partial charge in [-0.3, -0.25) is 4.98 Å². The highest BCUT2D eigenvalue weighted by atomic mass is 79.9. The molecule has 28 heavy (non-hydrogen) atoms. The Morgan fingerprint density at radius 2 is 1.89 bits per heavy atom. The smallest absolute Gasteiger partial charge is 0.147 e. The SMILES string of the molecule is N#Cc1cc(Br)cnc1N1CCC2CCN(c3cnc4ccccc4n3)CC21. The molecule has 5 rings (SSSR count). The molecule has 2 atom stereocenters. The average Bonchev–Trinajstić information content (AvgIpc) is 3.16. The van der Waals surface area contributed by atoms with Gasteiger partial charge >= 0.3 is 0 Å². The minimum absolute atomic E-state index is 0.336. The first-order valence-electron chi connectivity index (χ1n) is 9.52. The maximum Gasteiger partial charge on any atom is 0.147 e. The normalized spacial score (nSPS) is 21.6. The van der Waals surface area contributed by atoms with Crippen LogP contribution in [0, 0.1) is 17.2 Å². The van der Waals surface area contributed by atoms with Crippen LogP contribution in [0.15, 0.2) is 47.2 Å². The topological polar surface area (TPSA) is 68.9 Å². The Bertz CT molecular complexity index is 1080. The molecule has 0 radical (unpaired) electrons. The van der Waals surface area contributed by atoms with Crippen molar-refractivity contribution in [2.45, 2.75) is 18.9 Å². The fraction of sp³-hybridized carbons (Fsp3) is 0.333. The molecule has 3 aromatic rings. The van der Waals surface area contributed by atoms with Crippen molar-refractivity contribution in [1.29, 1.82) is 5.26 Å². The van der Waals surface area contributed by atoms with Gasteiger partial charge in [0.15, 0.2) is 0 Å². The zero-order valence-corrected chi connectivity index (χ0v) is 16.9. The fourth-order valence-electron chi connectivity index (χ4n) is 4.45. The summed E-state index contributed by atoms with van der Waals surface area (Å²) in [4.78, 5) is 18.6. The first-order valence-corrected chi connectivity index (χ1v) is 10.3. The maximum absolute atomic E-state index is 9.56. The lowest BCUT2D eigenvalue weighted by atomic mass is 9.92. The summed E-state index contributed by atoms with van der Waals surface area (Å²) in [5.41, 5.74) is 2.46. The molecule has 0 N–H and O–H groups in total. The van der Waals surface area contributed by atoms with E-state index in [0.29, 0.717) is 17.5 Å². The van der Waals surface area contributed by atoms with Crippen molar-refractivity contribution in [3.8, 4) is 6.07 Å². The van der Waals surface area contributed by atoms with Gasteiger partial charge in [0.2, 0.25) is 0 Å². The quantitative estimate of drug-likeness (QED) is 0.611. The first kappa shape index (κ1) is 17.4. The van der Waals surface area contributed by atoms with Crippen LogP contribution in [0.25, 0.3) is 11.0 Å². The fourth-order valence-corrected chi connectivity index (χ4v) is 4.79. The molecule has 2 fully saturated rings. The van der Waals surface area contributed by atoms with Gasteiger partial charge in [-0.1, -0.05) is 12.1 Å². The highest BCUT2D eigenvalue weighted by Gasteiger charge is 2.40. The summed E-state index contributed by atoms with van der Waals surface area (Å²) in [6, 6.07) is 12.5. The molecule has 6 nitrogen and oxygen atoms in total. The minimum atomic E-state index is 0.336. The van der Waals surface area contributed by atoms with Crippen molar-refractivity contribution in [3.63, 3.8) is 0 Å². The predicted octanol–water partition coefficient (Wildman–Crippen LogP) is 3.76. The molecule has 0 amide bonds. The Morgan fingerprint density at radius 1 is 1.07 bits per heavy atom. The van der Waals surface area contributed by atoms with E-state index in [9.17, 15) is 5.26 Å². The number of rotatable bonds is 2. The zero-order valence-electron chi connectivity index (χ0n) is 15.3. The number of para-hydroxylation sites is 2. The van der Waals surface area contributed by atoms with Crippen LogP contribution in [0.2, 0.25) is 0 Å². The molecule has 0 spiro atoms. The number of hydrogen-bond donors (Lipinski definition) is 0. The number of benzene rings is 1. The molecule has 0 saturated carbocycles. The van der Waals surface area contributed by atoms with Crippen molar-refractivity contribution < 1.29 is 0 Å². The highest BCUT2D eigenvalue weighted by Crippen LogP contribution is 2.37. The Balaban J connectivity index is 1.44. The molecule has 2 unspecified atom stereocenters. The van der Waals surface area contributed by atoms with Crippen LogP contribution in [0.5, 0.6) is 0 Å². The van der Waals surface area contributed by atoms with E-state index in [1.165, 1.54) is 0 Å². The van der Waals surface area contributed by atoms with Gasteiger partial charge in [0.05, 0.1) is 28.8 Å². The third kappa shape index (κ3) is 2.98. The molecule has 0 aliphatic carbocycles. The molecule has 7 heteroatoms. The van der Waals surface area contributed by atoms with Crippen LogP contribution in [-0.2, 0) is 0 Å². The largest absolute Gasteiger partial charge is 0.353 e. The van der Waals surface area contributed by atoms with Gasteiger partial charge in [0.1, 0.15) is 17.7 Å². The van der Waals surface area contributed by atoms with E-state index in [2.05, 4.69) is 41.8 Å². The van der Waals surface area contributed by atoms with Crippen molar-refractivity contribution in [2.75, 3.05) is 29.4 Å². The van der Waals surface area contributed by atoms with Crippen molar-refractivity contribution >= 4 is 38.6 Å². The van der Waals surface area contributed by atoms with Crippen LogP contribution in [-0.4, -0.2) is 40.6 Å². The van der Waals surface area contributed by atoms with Crippen LogP contribution in [0.4, 0.5) is 11.6 Å². The molecule has 2 aromatic heterocycles. The molecule has 4 heterocycles. The molecular formula is C21H19BrN6. The second-order valence-electron chi connectivity index (χ2n) is 7.40. The number of hydrogen-bond acceptors (Lipinski definition) is 6. The number of piperidine rings is 1. The van der Waals surface area contributed by atoms with Gasteiger partial charge in [-0.2, -0.15) is 5.26 Å². The molecular weight excluding hydrogens is 416 g/mol. The molecule has 1 aromatic carbocycles. The van der Waals surface area contributed by atoms with Gasteiger partial charge in [-0.25, -0.2) is 9.97 Å². The van der Waals surface area contributed by atoms with Crippen LogP contribution < -0.4 is 9.80 Å². The van der Waals surface area contributed by atoms with E-state index in [1.807, 2.05) is 36.5 Å². The Kier molecular flexibility index (Phi) is 4.36. The third-order valence-corrected chi connectivity index (χ3v) is 6.28. The predicted molar refractivity (Wildman–Crippen MR) is 112 cm³/mol. The number of nitriles is 1. The first-order chi connectivity index (χ1) is 13.7. The summed E-state index contributed by atoms with van der Waals surface area (Å²) in [6.45, 7) is 2.80. The van der Waals surface area contributed by atoms with Crippen molar-refractivity contribution in [2.24, 2.45) is 5.92 Å². The summed E-state index contributed by atoms with van der Waals surface area (Å²) < 4.78 is 0.834. The van der Waals surface area contributed by atoms with Crippen molar-refractivity contribution in [3.05, 3.63) is 52.8 Å². The minimum Gasteiger partial charge on any atom is -0.353 e. The lowest BCUT2D eigenvalue weighted by molar-refractivity contribution is 0.388. The maximum atomic E-state index is 9.56. The number of pyridine rings is 1. The molecule has 2 aliphatic rings. The van der Waals surface area contributed by atoms with E-state index in [0.717, 1.165) is 59.6 Å². The van der Waals surface area contributed by atoms with E-state index >= 15 is 0 Å². The monoisotopic (exact) mass is 434 g/mol. The summed E-state index contributed by atoms with van der Waals surface area (Å²) in [5.74, 6) is 2.35. The van der Waals surface area contributed by atoms with Gasteiger partial charge in [-0.15, -0.1) is 0 Å². The van der Waals surface area contributed by atoms with E-state index < -0.39 is 0 Å². The Morgan fingerprint density at radius 3 is 2.75 bits per heavy atom. The standard InChI is InChI=1S/C21H19BrN6/c22-16-9-15(10-23)21(25-11-16)28-8-6-14-5-7-27(13-19(14)28)20-12-24-17-3-1-2-4-18(17)26-20/h1-4,9,11-12,14,19H,5-8,13H2. The van der Waals surface area contributed by atoms with E-state index in [4.69, 9.17) is 4.98 Å². The van der Waals surface area contributed by atoms with Crippen molar-refractivity contribution in [1.82, 2.24) is 15.0 Å². The number of nitrogens with zero attached hydrogens (tertiary/aromatic N) is 6. The number of halogens is 1. The van der Waals surface area contributed by atoms with Crippen LogP contribution >= 0.6 is 15.9 Å². The second kappa shape index (κ2) is 7.02. The molecule has 2 aliphatic heterocycles. The highest BCUT2D eigenvalue weighted by molar-refractivity contribution is 9.10. The zero-order chi connectivity index (χ0) is 19.1. The third-order valence-electron chi connectivity index (χ3n) is 5.85. The van der Waals surface area contributed by atoms with Gasteiger partial charge in [0.25, 0.3) is 0 Å². The lowest BCUT2D eigenvalue weighted by Crippen LogP contribution is -2.49. The number of anilines is 2. The summed E-state index contributed by atoms with van der Waals surface area (Å²) in [7, 11) is 0. The summed E-state index contributed by atoms with van der Waals surface area (Å²) in [5, 5.41) is 9.56. The average molecular weight is 435 g/mol. The van der Waals surface area contributed by atoms with Gasteiger partial charge < -0.3 is 9.80 Å². The Hall–Kier alpha value is -2.72. The summed E-state index contributed by atoms with van der Waals surface area (Å²) >= 11 is 3.42. The lowest BCUT2D eigenvalue weighted by Gasteiger charge is -2.39.